The molecule has 1 heterocycles. The number of anilines is 1. The summed E-state index contributed by atoms with van der Waals surface area (Å²) in [6.07, 6.45) is 5.03. The molecule has 1 aromatic carbocycles. The SMILES string of the molecule is COC1CCCNC(C)C(N)C(OC(=O)CCCCCN(N)/C=C(\N)c2cccc(N)c2)COC(=O)C(C)C(=O)C(C)C1. The highest BCUT2D eigenvalue weighted by Gasteiger charge is 2.32. The molecule has 0 saturated carbocycles. The number of benzene rings is 1. The van der Waals surface area contributed by atoms with Crippen molar-refractivity contribution >= 4 is 29.1 Å². The summed E-state index contributed by atoms with van der Waals surface area (Å²) in [7, 11) is 1.63. The van der Waals surface area contributed by atoms with E-state index in [2.05, 4.69) is 5.32 Å². The number of cyclic esters (lactones) is 1. The highest BCUT2D eigenvalue weighted by molar-refractivity contribution is 5.99. The molecule has 12 nitrogen and oxygen atoms in total. The highest BCUT2D eigenvalue weighted by atomic mass is 16.6. The minimum atomic E-state index is -0.945. The number of esters is 2. The molecular formula is C31H52N6O6. The van der Waals surface area contributed by atoms with Gasteiger partial charge in [0.1, 0.15) is 18.3 Å². The standard InChI is InChI=1S/C31H52N6O6/c1-20-16-25(41-4)12-9-14-36-22(3)29(34)27(19-42-31(40)21(2)30(20)39)43-28(38)13-6-5-7-15-37(35)18-26(33)23-10-8-11-24(32)17-23/h8,10-11,17-18,20-22,25,27,29,36H,5-7,9,12-16,19,32-35H2,1-4H3/b26-18-. The van der Waals surface area contributed by atoms with Gasteiger partial charge in [-0.3, -0.25) is 14.4 Å². The molecule has 2 rings (SSSR count). The maximum Gasteiger partial charge on any atom is 0.316 e. The number of rotatable bonds is 10. The first-order chi connectivity index (χ1) is 20.4. The maximum atomic E-state index is 12.9. The van der Waals surface area contributed by atoms with E-state index in [-0.39, 0.29) is 36.9 Å². The van der Waals surface area contributed by atoms with Gasteiger partial charge < -0.3 is 41.7 Å². The summed E-state index contributed by atoms with van der Waals surface area (Å²) in [6, 6.07) is 6.39. The molecule has 1 fully saturated rings. The van der Waals surface area contributed by atoms with Gasteiger partial charge in [-0.2, -0.15) is 0 Å². The molecule has 0 amide bonds. The van der Waals surface area contributed by atoms with E-state index < -0.39 is 30.0 Å². The second-order valence-electron chi connectivity index (χ2n) is 11.5. The van der Waals surface area contributed by atoms with Gasteiger partial charge in [0.05, 0.1) is 17.8 Å². The van der Waals surface area contributed by atoms with Crippen LogP contribution in [0, 0.1) is 11.8 Å². The topological polar surface area (TPSA) is 198 Å². The summed E-state index contributed by atoms with van der Waals surface area (Å²) in [5, 5.41) is 4.88. The fraction of sp³-hybridized carbons (Fsp3) is 0.645. The van der Waals surface area contributed by atoms with Crippen LogP contribution in [0.1, 0.15) is 71.3 Å². The summed E-state index contributed by atoms with van der Waals surface area (Å²) in [5.41, 5.74) is 20.3. The number of nitrogens with one attached hydrogen (secondary N) is 1. The van der Waals surface area contributed by atoms with Crippen LogP contribution < -0.4 is 28.4 Å². The van der Waals surface area contributed by atoms with E-state index >= 15 is 0 Å². The number of hydrogen-bond donors (Lipinski definition) is 5. The first-order valence-electron chi connectivity index (χ1n) is 15.2. The van der Waals surface area contributed by atoms with Gasteiger partial charge in [-0.25, -0.2) is 5.84 Å². The molecule has 9 N–H and O–H groups in total. The van der Waals surface area contributed by atoms with Crippen molar-refractivity contribution in [1.29, 1.82) is 0 Å². The zero-order chi connectivity index (χ0) is 31.9. The van der Waals surface area contributed by atoms with Crippen LogP contribution in [0.15, 0.2) is 30.5 Å². The second kappa shape index (κ2) is 18.5. The monoisotopic (exact) mass is 604 g/mol. The van der Waals surface area contributed by atoms with Crippen molar-refractivity contribution in [3.63, 3.8) is 0 Å². The van der Waals surface area contributed by atoms with E-state index in [4.69, 9.17) is 37.3 Å². The van der Waals surface area contributed by atoms with Crippen molar-refractivity contribution in [1.82, 2.24) is 10.3 Å². The Balaban J connectivity index is 1.89. The lowest BCUT2D eigenvalue weighted by Crippen LogP contribution is -2.53. The lowest BCUT2D eigenvalue weighted by molar-refractivity contribution is -0.164. The van der Waals surface area contributed by atoms with E-state index in [9.17, 15) is 14.4 Å². The second-order valence-corrected chi connectivity index (χ2v) is 11.5. The zero-order valence-electron chi connectivity index (χ0n) is 26.1. The van der Waals surface area contributed by atoms with Gasteiger partial charge in [-0.15, -0.1) is 0 Å². The molecular weight excluding hydrogens is 552 g/mol. The predicted molar refractivity (Wildman–Crippen MR) is 167 cm³/mol. The number of unbranched alkanes of at least 4 members (excludes halogenated alkanes) is 2. The van der Waals surface area contributed by atoms with E-state index in [1.54, 1.807) is 32.4 Å². The number of carbonyl (C=O) groups excluding carboxylic acids is 3. The Labute approximate surface area is 255 Å². The molecule has 0 bridgehead atoms. The molecule has 1 aliphatic heterocycles. The molecule has 1 saturated heterocycles. The maximum absolute atomic E-state index is 12.9. The summed E-state index contributed by atoms with van der Waals surface area (Å²) in [4.78, 5) is 38.4. The van der Waals surface area contributed by atoms with Crippen LogP contribution >= 0.6 is 0 Å². The predicted octanol–water partition coefficient (Wildman–Crippen LogP) is 2.06. The summed E-state index contributed by atoms with van der Waals surface area (Å²) in [6.45, 7) is 6.23. The zero-order valence-corrected chi connectivity index (χ0v) is 26.1. The molecule has 6 unspecified atom stereocenters. The first kappa shape index (κ1) is 36.0. The average molecular weight is 605 g/mol. The van der Waals surface area contributed by atoms with Crippen LogP contribution in [-0.4, -0.2) is 73.8 Å². The van der Waals surface area contributed by atoms with Gasteiger partial charge in [-0.05, 0) is 64.6 Å². The fourth-order valence-electron chi connectivity index (χ4n) is 5.02. The van der Waals surface area contributed by atoms with Crippen molar-refractivity contribution in [3.8, 4) is 0 Å². The Bertz CT molecular complexity index is 1070. The number of ether oxygens (including phenoxy) is 3. The van der Waals surface area contributed by atoms with E-state index in [0.29, 0.717) is 37.3 Å². The molecule has 0 aromatic heterocycles. The van der Waals surface area contributed by atoms with Crippen LogP contribution in [0.3, 0.4) is 0 Å². The number of hydrazine groups is 1. The molecule has 1 aromatic rings. The number of hydrogen-bond acceptors (Lipinski definition) is 12. The quantitative estimate of drug-likeness (QED) is 0.0651. The lowest BCUT2D eigenvalue weighted by Gasteiger charge is -2.29. The van der Waals surface area contributed by atoms with Crippen molar-refractivity contribution in [2.75, 3.05) is 32.5 Å². The molecule has 6 atom stereocenters. The van der Waals surface area contributed by atoms with E-state index in [0.717, 1.165) is 31.2 Å². The highest BCUT2D eigenvalue weighted by Crippen LogP contribution is 2.20. The van der Waals surface area contributed by atoms with Gasteiger partial charge in [0.25, 0.3) is 0 Å². The minimum Gasteiger partial charge on any atom is -0.461 e. The Morgan fingerprint density at radius 1 is 1.19 bits per heavy atom. The number of ketones is 1. The Morgan fingerprint density at radius 3 is 2.63 bits per heavy atom. The van der Waals surface area contributed by atoms with Crippen LogP contribution in [0.2, 0.25) is 0 Å². The molecule has 12 heteroatoms. The van der Waals surface area contributed by atoms with Gasteiger partial charge in [0.2, 0.25) is 0 Å². The number of carbonyl (C=O) groups is 3. The van der Waals surface area contributed by atoms with Crippen molar-refractivity contribution in [3.05, 3.63) is 36.0 Å². The van der Waals surface area contributed by atoms with Gasteiger partial charge >= 0.3 is 11.9 Å². The Kier molecular flexibility index (Phi) is 15.5. The van der Waals surface area contributed by atoms with Crippen molar-refractivity contribution in [2.45, 2.75) is 90.0 Å². The number of nitrogens with two attached hydrogens (primary N) is 4. The van der Waals surface area contributed by atoms with E-state index in [1.807, 2.05) is 19.1 Å². The van der Waals surface area contributed by atoms with E-state index in [1.165, 1.54) is 11.9 Å². The third kappa shape index (κ3) is 12.5. The van der Waals surface area contributed by atoms with Gasteiger partial charge in [-0.1, -0.05) is 25.5 Å². The first-order valence-corrected chi connectivity index (χ1v) is 15.2. The minimum absolute atomic E-state index is 0.0940. The fourth-order valence-corrected chi connectivity index (χ4v) is 5.02. The largest absolute Gasteiger partial charge is 0.461 e. The Morgan fingerprint density at radius 2 is 1.93 bits per heavy atom. The molecule has 0 aliphatic carbocycles. The summed E-state index contributed by atoms with van der Waals surface area (Å²) < 4.78 is 16.7. The molecule has 242 valence electrons. The van der Waals surface area contributed by atoms with Crippen molar-refractivity contribution < 1.29 is 28.6 Å². The number of nitrogens with zero attached hydrogens (tertiary/aromatic N) is 1. The Hall–Kier alpha value is -3.19. The summed E-state index contributed by atoms with van der Waals surface area (Å²) >= 11 is 0. The lowest BCUT2D eigenvalue weighted by atomic mass is 9.90. The molecule has 1 aliphatic rings. The van der Waals surface area contributed by atoms with Crippen LogP contribution in [0.5, 0.6) is 0 Å². The van der Waals surface area contributed by atoms with Crippen LogP contribution in [0.25, 0.3) is 5.70 Å². The third-order valence-electron chi connectivity index (χ3n) is 7.89. The molecule has 0 radical (unpaired) electrons. The van der Waals surface area contributed by atoms with Crippen LogP contribution in [0.4, 0.5) is 5.69 Å². The summed E-state index contributed by atoms with van der Waals surface area (Å²) in [5.74, 6) is 3.46. The molecule has 43 heavy (non-hydrogen) atoms. The normalized spacial score (nSPS) is 26.6. The number of Topliss-reactive ketones (excluding diaryl/α,β-unsaturated/α-hetero) is 1. The van der Waals surface area contributed by atoms with Crippen molar-refractivity contribution in [2.24, 2.45) is 29.1 Å². The van der Waals surface area contributed by atoms with Gasteiger partial charge in [0.15, 0.2) is 6.10 Å². The van der Waals surface area contributed by atoms with Gasteiger partial charge in [0, 0.05) is 49.5 Å². The smallest absolute Gasteiger partial charge is 0.316 e. The third-order valence-corrected chi connectivity index (χ3v) is 7.89. The average Bonchev–Trinajstić information content (AvgIpc) is 2.98. The van der Waals surface area contributed by atoms with Crippen LogP contribution in [-0.2, 0) is 28.6 Å². The number of nitrogen functional groups attached to an aromatic ring is 1. The number of methoxy groups -OCH3 is 1. The molecule has 0 spiro atoms.